The Morgan fingerprint density at radius 3 is 1.68 bits per heavy atom. The van der Waals surface area contributed by atoms with Crippen molar-refractivity contribution < 1.29 is 48.5 Å². The number of rotatable bonds is 3. The predicted octanol–water partition coefficient (Wildman–Crippen LogP) is 0.492. The maximum absolute atomic E-state index is 12.2. The van der Waals surface area contributed by atoms with Crippen molar-refractivity contribution in [2.45, 2.75) is 87.6 Å². The lowest BCUT2D eigenvalue weighted by atomic mass is 9.98. The van der Waals surface area contributed by atoms with E-state index in [4.69, 9.17) is 15.9 Å². The molecule has 37 heavy (non-hydrogen) atoms. The maximum Gasteiger partial charge on any atom is 0.407 e. The Kier molecular flexibility index (Phi) is 10.9. The van der Waals surface area contributed by atoms with Gasteiger partial charge in [0.2, 0.25) is 11.8 Å². The van der Waals surface area contributed by atoms with Gasteiger partial charge in [0.1, 0.15) is 18.1 Å². The van der Waals surface area contributed by atoms with Crippen LogP contribution < -0.4 is 11.1 Å². The van der Waals surface area contributed by atoms with E-state index in [-0.39, 0.29) is 23.9 Å². The Bertz CT molecular complexity index is 903. The maximum atomic E-state index is 12.2. The van der Waals surface area contributed by atoms with Gasteiger partial charge in [-0.25, -0.2) is 19.2 Å². The van der Waals surface area contributed by atoms with E-state index in [2.05, 4.69) is 26.4 Å². The highest BCUT2D eigenvalue weighted by Crippen LogP contribution is 2.33. The highest BCUT2D eigenvalue weighted by Gasteiger charge is 2.47. The molecule has 0 aliphatic carbocycles. The number of hydrogen-bond acceptors (Lipinski definition) is 9. The zero-order valence-corrected chi connectivity index (χ0v) is 21.4. The minimum atomic E-state index is -0.982. The fraction of sp³-hybridized carbons (Fsp3) is 0.727. The fourth-order valence-corrected chi connectivity index (χ4v) is 5.17. The number of carboxylic acid groups (broad SMARTS) is 2. The van der Waals surface area contributed by atoms with Crippen molar-refractivity contribution in [3.8, 4) is 0 Å². The number of ether oxygens (including phenoxy) is 2. The van der Waals surface area contributed by atoms with Crippen LogP contribution in [0.1, 0.15) is 51.4 Å². The summed E-state index contributed by atoms with van der Waals surface area (Å²) in [6, 6.07) is -2.46. The van der Waals surface area contributed by atoms with Crippen molar-refractivity contribution in [2.75, 3.05) is 14.2 Å². The Morgan fingerprint density at radius 1 is 0.811 bits per heavy atom. The third kappa shape index (κ3) is 7.44. The van der Waals surface area contributed by atoms with Gasteiger partial charge in [0.15, 0.2) is 0 Å². The molecule has 0 aromatic carbocycles. The van der Waals surface area contributed by atoms with E-state index in [0.717, 1.165) is 12.8 Å². The lowest BCUT2D eigenvalue weighted by Gasteiger charge is -2.36. The summed E-state index contributed by atoms with van der Waals surface area (Å²) in [6.45, 7) is 0. The quantitative estimate of drug-likeness (QED) is 0.357. The minimum absolute atomic E-state index is 0.00528. The SMILES string of the molecule is COC(=O)Cl.COC(=O)N[C@H]1CC[C@H]2CC[C@@H](C(=O)O)N2C1=O.N[C@H]1CC[C@H]2CC[C@@H](C(=O)O)N2C1=O. The molecule has 4 aliphatic heterocycles. The van der Waals surface area contributed by atoms with Gasteiger partial charge in [0.05, 0.1) is 20.3 Å². The molecule has 4 saturated heterocycles. The number of amides is 3. The molecule has 0 unspecified atom stereocenters. The summed E-state index contributed by atoms with van der Waals surface area (Å²) in [6.07, 6.45) is 4.67. The molecule has 0 spiro atoms. The summed E-state index contributed by atoms with van der Waals surface area (Å²) in [7, 11) is 2.44. The molecule has 5 N–H and O–H groups in total. The topological polar surface area (TPSA) is 206 Å². The molecule has 14 nitrogen and oxygen atoms in total. The average Bonchev–Trinajstić information content (AvgIpc) is 3.49. The zero-order chi connectivity index (χ0) is 27.9. The number of nitrogens with one attached hydrogen (secondary N) is 1. The molecule has 3 amide bonds. The first-order valence-corrected chi connectivity index (χ1v) is 12.2. The van der Waals surface area contributed by atoms with E-state index in [0.29, 0.717) is 38.5 Å². The molecule has 15 heteroatoms. The van der Waals surface area contributed by atoms with Gasteiger partial charge in [-0.15, -0.1) is 0 Å². The van der Waals surface area contributed by atoms with Crippen molar-refractivity contribution in [1.82, 2.24) is 15.1 Å². The Balaban J connectivity index is 0.000000225. The second kappa shape index (κ2) is 13.4. The molecule has 4 heterocycles. The second-order valence-corrected chi connectivity index (χ2v) is 9.36. The predicted molar refractivity (Wildman–Crippen MR) is 127 cm³/mol. The van der Waals surface area contributed by atoms with Crippen LogP contribution >= 0.6 is 11.6 Å². The molecule has 0 radical (unpaired) electrons. The summed E-state index contributed by atoms with van der Waals surface area (Å²) >= 11 is 4.60. The van der Waals surface area contributed by atoms with Crippen LogP contribution in [0.3, 0.4) is 0 Å². The number of methoxy groups -OCH3 is 2. The molecule has 4 rings (SSSR count). The first kappa shape index (κ1) is 30.1. The number of alkyl carbamates (subject to hydrolysis) is 1. The summed E-state index contributed by atoms with van der Waals surface area (Å²) in [5.41, 5.74) is 4.84. The second-order valence-electron chi connectivity index (χ2n) is 9.05. The van der Waals surface area contributed by atoms with Crippen LogP contribution in [0.15, 0.2) is 0 Å². The van der Waals surface area contributed by atoms with Gasteiger partial charge in [0, 0.05) is 23.7 Å². The molecule has 4 aliphatic rings. The van der Waals surface area contributed by atoms with Gasteiger partial charge in [-0.05, 0) is 51.4 Å². The molecule has 4 fully saturated rings. The highest BCUT2D eigenvalue weighted by atomic mass is 35.5. The molecule has 6 atom stereocenters. The first-order valence-electron chi connectivity index (χ1n) is 11.9. The van der Waals surface area contributed by atoms with Crippen LogP contribution in [0.5, 0.6) is 0 Å². The number of fused-ring (bicyclic) bond motifs is 2. The number of nitrogens with zero attached hydrogens (tertiary/aromatic N) is 2. The molecule has 0 aromatic heterocycles. The number of carbonyl (C=O) groups excluding carboxylic acids is 4. The Labute approximate surface area is 218 Å². The number of halogens is 1. The van der Waals surface area contributed by atoms with Gasteiger partial charge in [-0.3, -0.25) is 9.59 Å². The summed E-state index contributed by atoms with van der Waals surface area (Å²) < 4.78 is 8.33. The van der Waals surface area contributed by atoms with E-state index in [1.807, 2.05) is 0 Å². The van der Waals surface area contributed by atoms with E-state index >= 15 is 0 Å². The van der Waals surface area contributed by atoms with Crippen molar-refractivity contribution in [3.63, 3.8) is 0 Å². The molecule has 208 valence electrons. The molecular weight excluding hydrogens is 516 g/mol. The number of aliphatic carboxylic acids is 2. The summed E-state index contributed by atoms with van der Waals surface area (Å²) in [5, 5.41) is 20.4. The third-order valence-electron chi connectivity index (χ3n) is 6.94. The van der Waals surface area contributed by atoms with Crippen LogP contribution in [0.2, 0.25) is 0 Å². The van der Waals surface area contributed by atoms with Crippen molar-refractivity contribution in [1.29, 1.82) is 0 Å². The number of hydrogen-bond donors (Lipinski definition) is 4. The largest absolute Gasteiger partial charge is 0.480 e. The van der Waals surface area contributed by atoms with Gasteiger partial charge in [-0.1, -0.05) is 0 Å². The first-order chi connectivity index (χ1) is 17.4. The van der Waals surface area contributed by atoms with Crippen LogP contribution in [0.25, 0.3) is 0 Å². The van der Waals surface area contributed by atoms with E-state index < -0.39 is 47.6 Å². The van der Waals surface area contributed by atoms with E-state index in [9.17, 15) is 28.8 Å². The fourth-order valence-electron chi connectivity index (χ4n) is 5.17. The summed E-state index contributed by atoms with van der Waals surface area (Å²) in [4.78, 5) is 69.1. The zero-order valence-electron chi connectivity index (χ0n) is 20.6. The van der Waals surface area contributed by atoms with Crippen molar-refractivity contribution in [3.05, 3.63) is 0 Å². The van der Waals surface area contributed by atoms with Crippen molar-refractivity contribution in [2.24, 2.45) is 5.73 Å². The van der Waals surface area contributed by atoms with E-state index in [1.165, 1.54) is 24.0 Å². The third-order valence-corrected chi connectivity index (χ3v) is 7.09. The van der Waals surface area contributed by atoms with Crippen LogP contribution in [0, 0.1) is 0 Å². The van der Waals surface area contributed by atoms with Crippen molar-refractivity contribution >= 4 is 46.9 Å². The molecular formula is C22H33ClN4O10. The number of carboxylic acids is 2. The smallest absolute Gasteiger partial charge is 0.407 e. The molecule has 0 saturated carbocycles. The minimum Gasteiger partial charge on any atom is -0.480 e. The number of nitrogens with two attached hydrogens (primary N) is 1. The number of carbonyl (C=O) groups is 6. The lowest BCUT2D eigenvalue weighted by molar-refractivity contribution is -0.152. The molecule has 0 aromatic rings. The van der Waals surface area contributed by atoms with Crippen LogP contribution in [-0.2, 0) is 28.7 Å². The Hall–Kier alpha value is -3.13. The van der Waals surface area contributed by atoms with Crippen LogP contribution in [-0.4, -0.2) is 106 Å². The van der Waals surface area contributed by atoms with Gasteiger partial charge < -0.3 is 40.5 Å². The Morgan fingerprint density at radius 2 is 1.24 bits per heavy atom. The van der Waals surface area contributed by atoms with Gasteiger partial charge in [-0.2, -0.15) is 0 Å². The summed E-state index contributed by atoms with van der Waals surface area (Å²) in [5.74, 6) is -2.40. The number of piperidine rings is 2. The standard InChI is InChI=1S/C11H16N2O5.C9H14N2O3.C2H3ClO2/c1-18-11(17)12-7-4-2-6-3-5-8(10(15)16)13(6)9(7)14;10-6-3-1-5-2-4-7(9(13)14)11(5)8(6)12;1-5-2(3)4/h6-8H,2-5H2,1H3,(H,12,17)(H,15,16);5-7H,1-4,10H2,(H,13,14);1H3/t6-,7-,8-;5-,6-,7-;/m00./s1. The lowest BCUT2D eigenvalue weighted by Crippen LogP contribution is -2.57. The van der Waals surface area contributed by atoms with Crippen LogP contribution in [0.4, 0.5) is 9.59 Å². The van der Waals surface area contributed by atoms with Gasteiger partial charge >= 0.3 is 23.5 Å². The monoisotopic (exact) mass is 548 g/mol. The normalized spacial score (nSPS) is 29.9. The highest BCUT2D eigenvalue weighted by molar-refractivity contribution is 6.61. The van der Waals surface area contributed by atoms with Gasteiger partial charge in [0.25, 0.3) is 0 Å². The molecule has 0 bridgehead atoms. The average molecular weight is 549 g/mol. The van der Waals surface area contributed by atoms with E-state index in [1.54, 1.807) is 0 Å².